The van der Waals surface area contributed by atoms with Crippen LogP contribution in [0, 0.1) is 6.92 Å². The highest BCUT2D eigenvalue weighted by Gasteiger charge is 2.22. The van der Waals surface area contributed by atoms with Crippen LogP contribution in [0.4, 0.5) is 0 Å². The first-order chi connectivity index (χ1) is 12.6. The number of carbonyl (C=O) groups excluding carboxylic acids is 1. The van der Waals surface area contributed by atoms with Crippen LogP contribution in [0.1, 0.15) is 42.1 Å². The van der Waals surface area contributed by atoms with Crippen molar-refractivity contribution >= 4 is 5.91 Å². The summed E-state index contributed by atoms with van der Waals surface area (Å²) in [6.07, 6.45) is 0.767. The highest BCUT2D eigenvalue weighted by molar-refractivity contribution is 5.76. The molecular formula is C21H23N3O2. The lowest BCUT2D eigenvalue weighted by Crippen LogP contribution is -2.37. The molecule has 0 radical (unpaired) electrons. The fraction of sp³-hybridized carbons (Fsp3) is 0.286. The summed E-state index contributed by atoms with van der Waals surface area (Å²) in [6.45, 7) is 3.80. The van der Waals surface area contributed by atoms with Crippen molar-refractivity contribution in [3.05, 3.63) is 83.5 Å². The summed E-state index contributed by atoms with van der Waals surface area (Å²) in [5.41, 5.74) is 2.36. The number of hydrogen-bond acceptors (Lipinski definition) is 4. The van der Waals surface area contributed by atoms with E-state index in [4.69, 9.17) is 4.52 Å². The third-order valence-electron chi connectivity index (χ3n) is 4.34. The summed E-state index contributed by atoms with van der Waals surface area (Å²) in [5.74, 6) is 1.15. The molecule has 5 nitrogen and oxygen atoms in total. The van der Waals surface area contributed by atoms with Crippen LogP contribution >= 0.6 is 0 Å². The molecule has 0 aliphatic carbocycles. The molecule has 0 aliphatic heterocycles. The normalized spacial score (nSPS) is 12.1. The van der Waals surface area contributed by atoms with Gasteiger partial charge in [-0.25, -0.2) is 0 Å². The van der Waals surface area contributed by atoms with Gasteiger partial charge in [-0.3, -0.25) is 4.79 Å². The van der Waals surface area contributed by atoms with Gasteiger partial charge in [-0.15, -0.1) is 0 Å². The van der Waals surface area contributed by atoms with Gasteiger partial charge < -0.3 is 9.84 Å². The Morgan fingerprint density at radius 3 is 2.12 bits per heavy atom. The van der Waals surface area contributed by atoms with Gasteiger partial charge in [-0.05, 0) is 25.0 Å². The van der Waals surface area contributed by atoms with Crippen molar-refractivity contribution in [1.29, 1.82) is 0 Å². The van der Waals surface area contributed by atoms with Crippen LogP contribution in [-0.4, -0.2) is 22.1 Å². The van der Waals surface area contributed by atoms with Crippen LogP contribution in [0.2, 0.25) is 0 Å². The third-order valence-corrected chi connectivity index (χ3v) is 4.34. The van der Waals surface area contributed by atoms with Crippen molar-refractivity contribution in [3.63, 3.8) is 0 Å². The number of hydrogen-bond donors (Lipinski definition) is 1. The summed E-state index contributed by atoms with van der Waals surface area (Å²) in [6, 6.07) is 20.5. The van der Waals surface area contributed by atoms with Crippen LogP contribution in [-0.2, 0) is 11.2 Å². The van der Waals surface area contributed by atoms with Crippen LogP contribution in [0.15, 0.2) is 65.2 Å². The molecule has 1 amide bonds. The van der Waals surface area contributed by atoms with Crippen LogP contribution in [0.25, 0.3) is 0 Å². The zero-order valence-electron chi connectivity index (χ0n) is 15.1. The Labute approximate surface area is 153 Å². The molecule has 26 heavy (non-hydrogen) atoms. The number of aryl methyl sites for hydroxylation is 2. The molecule has 1 heterocycles. The predicted octanol–water partition coefficient (Wildman–Crippen LogP) is 3.65. The van der Waals surface area contributed by atoms with Crippen molar-refractivity contribution in [2.24, 2.45) is 0 Å². The maximum atomic E-state index is 12.4. The molecule has 0 bridgehead atoms. The minimum absolute atomic E-state index is 0.0229. The lowest BCUT2D eigenvalue weighted by molar-refractivity contribution is -0.121. The van der Waals surface area contributed by atoms with E-state index in [1.165, 1.54) is 11.1 Å². The Morgan fingerprint density at radius 1 is 1.04 bits per heavy atom. The molecule has 3 rings (SSSR count). The molecular weight excluding hydrogens is 326 g/mol. The summed E-state index contributed by atoms with van der Waals surface area (Å²) in [4.78, 5) is 16.5. The molecule has 0 saturated heterocycles. The quantitative estimate of drug-likeness (QED) is 0.707. The number of nitrogens with zero attached hydrogens (tertiary/aromatic N) is 2. The van der Waals surface area contributed by atoms with Crippen LogP contribution in [0.5, 0.6) is 0 Å². The molecule has 2 aromatic carbocycles. The van der Waals surface area contributed by atoms with E-state index >= 15 is 0 Å². The highest BCUT2D eigenvalue weighted by atomic mass is 16.5. The Kier molecular flexibility index (Phi) is 5.79. The van der Waals surface area contributed by atoms with Gasteiger partial charge in [0.25, 0.3) is 0 Å². The Morgan fingerprint density at radius 2 is 1.62 bits per heavy atom. The van der Waals surface area contributed by atoms with Crippen molar-refractivity contribution in [2.75, 3.05) is 0 Å². The lowest BCUT2D eigenvalue weighted by atomic mass is 9.86. The highest BCUT2D eigenvalue weighted by Crippen LogP contribution is 2.28. The molecule has 5 heteroatoms. The first-order valence-electron chi connectivity index (χ1n) is 8.82. The zero-order chi connectivity index (χ0) is 18.4. The second-order valence-corrected chi connectivity index (χ2v) is 6.39. The van der Waals surface area contributed by atoms with E-state index in [-0.39, 0.29) is 17.9 Å². The molecule has 0 fully saturated rings. The predicted molar refractivity (Wildman–Crippen MR) is 99.7 cm³/mol. The van der Waals surface area contributed by atoms with Gasteiger partial charge in [0, 0.05) is 24.8 Å². The molecule has 3 aromatic rings. The maximum Gasteiger partial charge on any atom is 0.227 e. The van der Waals surface area contributed by atoms with Gasteiger partial charge in [0.2, 0.25) is 11.8 Å². The summed E-state index contributed by atoms with van der Waals surface area (Å²) < 4.78 is 5.06. The van der Waals surface area contributed by atoms with E-state index in [1.54, 1.807) is 6.92 Å². The minimum atomic E-state index is -0.0447. The number of rotatable bonds is 7. The van der Waals surface area contributed by atoms with E-state index in [2.05, 4.69) is 39.7 Å². The van der Waals surface area contributed by atoms with E-state index < -0.39 is 0 Å². The summed E-state index contributed by atoms with van der Waals surface area (Å²) in [5, 5.41) is 6.87. The van der Waals surface area contributed by atoms with Crippen molar-refractivity contribution < 1.29 is 9.32 Å². The number of carbonyl (C=O) groups is 1. The van der Waals surface area contributed by atoms with Gasteiger partial charge in [0.15, 0.2) is 5.82 Å². The Bertz CT molecular complexity index is 791. The van der Waals surface area contributed by atoms with Crippen molar-refractivity contribution in [2.45, 2.75) is 38.6 Å². The third kappa shape index (κ3) is 4.57. The smallest absolute Gasteiger partial charge is 0.227 e. The van der Waals surface area contributed by atoms with Gasteiger partial charge in [-0.1, -0.05) is 65.8 Å². The molecule has 134 valence electrons. The standard InChI is InChI=1S/C21H23N3O2/c1-15(22-19(25)13-14-20-23-16(2)24-26-20)21(17-9-5-3-6-10-17)18-11-7-4-8-12-18/h3-12,15,21H,13-14H2,1-2H3,(H,22,25). The molecule has 1 unspecified atom stereocenters. The van der Waals surface area contributed by atoms with Crippen molar-refractivity contribution in [1.82, 2.24) is 15.5 Å². The molecule has 0 saturated carbocycles. The average Bonchev–Trinajstić information content (AvgIpc) is 3.07. The topological polar surface area (TPSA) is 68.0 Å². The summed E-state index contributed by atoms with van der Waals surface area (Å²) >= 11 is 0. The van der Waals surface area contributed by atoms with E-state index in [9.17, 15) is 4.79 Å². The van der Waals surface area contributed by atoms with Crippen LogP contribution in [0.3, 0.4) is 0 Å². The molecule has 1 N–H and O–H groups in total. The monoisotopic (exact) mass is 349 g/mol. The SMILES string of the molecule is Cc1noc(CCC(=O)NC(C)C(c2ccccc2)c2ccccc2)n1. The number of benzene rings is 2. The Hall–Kier alpha value is -2.95. The first-order valence-corrected chi connectivity index (χ1v) is 8.82. The molecule has 1 atom stereocenters. The second kappa shape index (κ2) is 8.43. The van der Waals surface area contributed by atoms with Crippen LogP contribution < -0.4 is 5.32 Å². The Balaban J connectivity index is 1.69. The van der Waals surface area contributed by atoms with Gasteiger partial charge in [-0.2, -0.15) is 4.98 Å². The average molecular weight is 349 g/mol. The number of aromatic nitrogens is 2. The largest absolute Gasteiger partial charge is 0.353 e. The summed E-state index contributed by atoms with van der Waals surface area (Å²) in [7, 11) is 0. The first kappa shape index (κ1) is 17.9. The maximum absolute atomic E-state index is 12.4. The van der Waals surface area contributed by atoms with Crippen molar-refractivity contribution in [3.8, 4) is 0 Å². The fourth-order valence-electron chi connectivity index (χ4n) is 3.16. The van der Waals surface area contributed by atoms with Gasteiger partial charge in [0.1, 0.15) is 0 Å². The number of nitrogens with one attached hydrogen (secondary N) is 1. The molecule has 0 spiro atoms. The molecule has 0 aliphatic rings. The van der Waals surface area contributed by atoms with Gasteiger partial charge >= 0.3 is 0 Å². The van der Waals surface area contributed by atoms with Gasteiger partial charge in [0.05, 0.1) is 0 Å². The van der Waals surface area contributed by atoms with E-state index in [0.29, 0.717) is 24.6 Å². The lowest BCUT2D eigenvalue weighted by Gasteiger charge is -2.26. The minimum Gasteiger partial charge on any atom is -0.353 e. The molecule has 1 aromatic heterocycles. The fourth-order valence-corrected chi connectivity index (χ4v) is 3.16. The van der Waals surface area contributed by atoms with E-state index in [1.807, 2.05) is 43.3 Å². The van der Waals surface area contributed by atoms with E-state index in [0.717, 1.165) is 0 Å². The zero-order valence-corrected chi connectivity index (χ0v) is 15.1. The second-order valence-electron chi connectivity index (χ2n) is 6.39. The number of amides is 1.